The highest BCUT2D eigenvalue weighted by Crippen LogP contribution is 2.16. The fraction of sp³-hybridized carbons (Fsp3) is 0.188. The highest BCUT2D eigenvalue weighted by Gasteiger charge is 2.04. The summed E-state index contributed by atoms with van der Waals surface area (Å²) >= 11 is 11.9. The van der Waals surface area contributed by atoms with Crippen LogP contribution in [-0.2, 0) is 6.42 Å². The van der Waals surface area contributed by atoms with Crippen LogP contribution in [0, 0.1) is 0 Å². The number of carbonyl (C=O) groups excluding carboxylic acids is 1. The molecule has 0 fully saturated rings. The van der Waals surface area contributed by atoms with E-state index in [0.717, 1.165) is 23.4 Å². The number of halogens is 2. The van der Waals surface area contributed by atoms with Crippen LogP contribution < -0.4 is 5.32 Å². The van der Waals surface area contributed by atoms with Crippen LogP contribution in [0.2, 0.25) is 10.0 Å². The number of carbonyl (C=O) groups is 1. The summed E-state index contributed by atoms with van der Waals surface area (Å²) < 4.78 is 0. The molecule has 1 amide bonds. The van der Waals surface area contributed by atoms with Crippen molar-refractivity contribution < 1.29 is 4.79 Å². The van der Waals surface area contributed by atoms with Gasteiger partial charge in [-0.2, -0.15) is 0 Å². The Bertz CT molecular complexity index is 581. The maximum atomic E-state index is 11.9. The molecule has 0 saturated carbocycles. The third kappa shape index (κ3) is 4.26. The maximum absolute atomic E-state index is 11.9. The average Bonchev–Trinajstić information content (AvgIpc) is 2.46. The molecular weight excluding hydrogens is 293 g/mol. The van der Waals surface area contributed by atoms with Gasteiger partial charge in [-0.15, -0.1) is 0 Å². The third-order valence-corrected chi connectivity index (χ3v) is 3.59. The van der Waals surface area contributed by atoms with E-state index in [4.69, 9.17) is 23.2 Å². The van der Waals surface area contributed by atoms with Gasteiger partial charge in [0.25, 0.3) is 5.91 Å². The number of amides is 1. The van der Waals surface area contributed by atoms with Crippen LogP contribution in [0.5, 0.6) is 0 Å². The van der Waals surface area contributed by atoms with Crippen molar-refractivity contribution in [3.63, 3.8) is 0 Å². The predicted octanol–water partition coefficient (Wildman–Crippen LogP) is 4.36. The van der Waals surface area contributed by atoms with E-state index < -0.39 is 0 Å². The molecule has 0 radical (unpaired) electrons. The molecule has 0 bridgehead atoms. The standard InChI is InChI=1S/C16H15Cl2NO/c17-14-9-7-13(8-10-14)16(20)19-11-3-5-12-4-1-2-6-15(12)18/h1-2,4,6-10H,3,5,11H2,(H,19,20). The van der Waals surface area contributed by atoms with E-state index in [9.17, 15) is 4.79 Å². The summed E-state index contributed by atoms with van der Waals surface area (Å²) in [5.74, 6) is -0.0826. The molecule has 0 aliphatic rings. The van der Waals surface area contributed by atoms with Gasteiger partial charge in [0, 0.05) is 22.2 Å². The van der Waals surface area contributed by atoms with Gasteiger partial charge in [0.05, 0.1) is 0 Å². The number of benzene rings is 2. The average molecular weight is 308 g/mol. The first-order valence-electron chi connectivity index (χ1n) is 6.44. The SMILES string of the molecule is O=C(NCCCc1ccccc1Cl)c1ccc(Cl)cc1. The van der Waals surface area contributed by atoms with Gasteiger partial charge < -0.3 is 5.32 Å². The summed E-state index contributed by atoms with van der Waals surface area (Å²) in [5.41, 5.74) is 1.72. The zero-order valence-corrected chi connectivity index (χ0v) is 12.4. The van der Waals surface area contributed by atoms with Crippen molar-refractivity contribution in [3.05, 3.63) is 69.7 Å². The van der Waals surface area contributed by atoms with E-state index in [0.29, 0.717) is 17.1 Å². The lowest BCUT2D eigenvalue weighted by atomic mass is 10.1. The quantitative estimate of drug-likeness (QED) is 0.817. The van der Waals surface area contributed by atoms with E-state index in [1.165, 1.54) is 0 Å². The van der Waals surface area contributed by atoms with Crippen molar-refractivity contribution >= 4 is 29.1 Å². The minimum atomic E-state index is -0.0826. The molecule has 20 heavy (non-hydrogen) atoms. The Labute approximate surface area is 128 Å². The molecule has 0 atom stereocenters. The van der Waals surface area contributed by atoms with Gasteiger partial charge >= 0.3 is 0 Å². The van der Waals surface area contributed by atoms with Crippen molar-refractivity contribution in [1.29, 1.82) is 0 Å². The van der Waals surface area contributed by atoms with E-state index in [1.54, 1.807) is 24.3 Å². The fourth-order valence-electron chi connectivity index (χ4n) is 1.89. The van der Waals surface area contributed by atoms with E-state index in [-0.39, 0.29) is 5.91 Å². The topological polar surface area (TPSA) is 29.1 Å². The van der Waals surface area contributed by atoms with Gasteiger partial charge in [0.2, 0.25) is 0 Å². The zero-order valence-electron chi connectivity index (χ0n) is 10.9. The van der Waals surface area contributed by atoms with Crippen LogP contribution in [0.4, 0.5) is 0 Å². The summed E-state index contributed by atoms with van der Waals surface area (Å²) in [4.78, 5) is 11.9. The number of hydrogen-bond donors (Lipinski definition) is 1. The van der Waals surface area contributed by atoms with Crippen LogP contribution in [0.3, 0.4) is 0 Å². The number of nitrogens with one attached hydrogen (secondary N) is 1. The minimum Gasteiger partial charge on any atom is -0.352 e. The summed E-state index contributed by atoms with van der Waals surface area (Å²) in [7, 11) is 0. The highest BCUT2D eigenvalue weighted by atomic mass is 35.5. The first-order chi connectivity index (χ1) is 9.66. The lowest BCUT2D eigenvalue weighted by Gasteiger charge is -2.06. The lowest BCUT2D eigenvalue weighted by Crippen LogP contribution is -2.24. The first-order valence-corrected chi connectivity index (χ1v) is 7.19. The molecule has 2 aromatic carbocycles. The van der Waals surface area contributed by atoms with Crippen LogP contribution in [0.25, 0.3) is 0 Å². The lowest BCUT2D eigenvalue weighted by molar-refractivity contribution is 0.0953. The van der Waals surface area contributed by atoms with Gasteiger partial charge in [-0.3, -0.25) is 4.79 Å². The Morgan fingerprint density at radius 1 is 1.00 bits per heavy atom. The van der Waals surface area contributed by atoms with Gasteiger partial charge in [-0.25, -0.2) is 0 Å². The van der Waals surface area contributed by atoms with Crippen molar-refractivity contribution in [2.45, 2.75) is 12.8 Å². The molecule has 2 nitrogen and oxygen atoms in total. The zero-order chi connectivity index (χ0) is 14.4. The van der Waals surface area contributed by atoms with Gasteiger partial charge in [0.15, 0.2) is 0 Å². The Morgan fingerprint density at radius 2 is 1.70 bits per heavy atom. The number of hydrogen-bond acceptors (Lipinski definition) is 1. The van der Waals surface area contributed by atoms with Crippen molar-refractivity contribution in [2.75, 3.05) is 6.54 Å². The van der Waals surface area contributed by atoms with Crippen LogP contribution in [-0.4, -0.2) is 12.5 Å². The predicted molar refractivity (Wildman–Crippen MR) is 83.6 cm³/mol. The first kappa shape index (κ1) is 14.9. The normalized spacial score (nSPS) is 10.3. The highest BCUT2D eigenvalue weighted by molar-refractivity contribution is 6.31. The van der Waals surface area contributed by atoms with E-state index >= 15 is 0 Å². The molecule has 0 spiro atoms. The van der Waals surface area contributed by atoms with Gasteiger partial charge in [-0.1, -0.05) is 41.4 Å². The molecule has 0 unspecified atom stereocenters. The Balaban J connectivity index is 1.77. The molecule has 2 aromatic rings. The molecular formula is C16H15Cl2NO. The maximum Gasteiger partial charge on any atom is 0.251 e. The third-order valence-electron chi connectivity index (χ3n) is 2.97. The molecule has 2 rings (SSSR count). The second-order valence-corrected chi connectivity index (χ2v) is 5.30. The van der Waals surface area contributed by atoms with E-state index in [1.807, 2.05) is 24.3 Å². The molecule has 104 valence electrons. The van der Waals surface area contributed by atoms with Crippen LogP contribution >= 0.6 is 23.2 Å². The van der Waals surface area contributed by atoms with Crippen LogP contribution in [0.15, 0.2) is 48.5 Å². The number of aryl methyl sites for hydroxylation is 1. The largest absolute Gasteiger partial charge is 0.352 e. The van der Waals surface area contributed by atoms with Gasteiger partial charge in [-0.05, 0) is 48.7 Å². The summed E-state index contributed by atoms with van der Waals surface area (Å²) in [6.07, 6.45) is 1.70. The van der Waals surface area contributed by atoms with Crippen molar-refractivity contribution in [3.8, 4) is 0 Å². The molecule has 0 aliphatic heterocycles. The van der Waals surface area contributed by atoms with E-state index in [2.05, 4.69) is 5.32 Å². The van der Waals surface area contributed by atoms with Crippen molar-refractivity contribution in [2.24, 2.45) is 0 Å². The summed E-state index contributed by atoms with van der Waals surface area (Å²) in [6, 6.07) is 14.6. The molecule has 0 aliphatic carbocycles. The fourth-order valence-corrected chi connectivity index (χ4v) is 2.24. The van der Waals surface area contributed by atoms with Crippen molar-refractivity contribution in [1.82, 2.24) is 5.32 Å². The summed E-state index contributed by atoms with van der Waals surface area (Å²) in [6.45, 7) is 0.618. The molecule has 1 N–H and O–H groups in total. The molecule has 0 heterocycles. The minimum absolute atomic E-state index is 0.0826. The Morgan fingerprint density at radius 3 is 2.40 bits per heavy atom. The Hall–Kier alpha value is -1.51. The molecule has 4 heteroatoms. The second kappa shape index (κ2) is 7.32. The van der Waals surface area contributed by atoms with Crippen LogP contribution in [0.1, 0.15) is 22.3 Å². The smallest absolute Gasteiger partial charge is 0.251 e. The van der Waals surface area contributed by atoms with Gasteiger partial charge in [0.1, 0.15) is 0 Å². The Kier molecular flexibility index (Phi) is 5.45. The second-order valence-electron chi connectivity index (χ2n) is 4.46. The summed E-state index contributed by atoms with van der Waals surface area (Å²) in [5, 5.41) is 4.28. The monoisotopic (exact) mass is 307 g/mol. The molecule has 0 saturated heterocycles. The number of rotatable bonds is 5. The molecule has 0 aromatic heterocycles.